The van der Waals surface area contributed by atoms with E-state index >= 15 is 0 Å². The van der Waals surface area contributed by atoms with Gasteiger partial charge in [0.25, 0.3) is 0 Å². The van der Waals surface area contributed by atoms with E-state index in [0.29, 0.717) is 30.1 Å². The van der Waals surface area contributed by atoms with Gasteiger partial charge in [0.05, 0.1) is 17.9 Å². The highest BCUT2D eigenvalue weighted by molar-refractivity contribution is 6.05. The van der Waals surface area contributed by atoms with Gasteiger partial charge in [-0.05, 0) is 73.9 Å². The highest BCUT2D eigenvalue weighted by Crippen LogP contribution is 2.39. The van der Waals surface area contributed by atoms with Crippen molar-refractivity contribution in [3.63, 3.8) is 0 Å². The number of hydrogen-bond donors (Lipinski definition) is 4. The standard InChI is InChI=1S/C37H46N8O3/c1-24-11-13-26(14-12-24)39-33(20-32(38)37(2,3)4)41-35(47)40-30-16-17-31(29-10-6-5-9-28(29)30)48-27-15-18-34-42-43-36(45(34)22-27)44-19-7-8-25(21-44)23-46/h5-6,9-15,18,20,22,25,30-31,46H,7-8,16-17,19,21,23,38H2,1-4H3,(H2,39,40,41,47)/t25?,30-,31+/m0/s1. The number of nitrogens with zero attached hydrogens (tertiary/aromatic N) is 5. The molecule has 6 rings (SSSR count). The van der Waals surface area contributed by atoms with Crippen molar-refractivity contribution in [3.05, 3.63) is 95.3 Å². The fraction of sp³-hybridized carbons (Fsp3) is 0.405. The molecule has 2 aromatic carbocycles. The predicted octanol–water partition coefficient (Wildman–Crippen LogP) is 6.12. The zero-order valence-electron chi connectivity index (χ0n) is 28.2. The minimum atomic E-state index is -0.357. The van der Waals surface area contributed by atoms with Gasteiger partial charge >= 0.3 is 6.03 Å². The Morgan fingerprint density at radius 1 is 1.06 bits per heavy atom. The van der Waals surface area contributed by atoms with Crippen molar-refractivity contribution in [2.45, 2.75) is 65.5 Å². The molecule has 11 heteroatoms. The normalized spacial score (nSPS) is 20.4. The van der Waals surface area contributed by atoms with E-state index in [1.54, 1.807) is 6.08 Å². The van der Waals surface area contributed by atoms with Gasteiger partial charge < -0.3 is 25.8 Å². The number of piperidine rings is 1. The van der Waals surface area contributed by atoms with E-state index in [9.17, 15) is 9.90 Å². The Labute approximate surface area is 281 Å². The van der Waals surface area contributed by atoms with Crippen molar-refractivity contribution in [2.75, 3.05) is 24.6 Å². The van der Waals surface area contributed by atoms with Gasteiger partial charge in [0, 0.05) is 36.9 Å². The van der Waals surface area contributed by atoms with Crippen LogP contribution in [-0.4, -0.2) is 51.3 Å². The van der Waals surface area contributed by atoms with Crippen LogP contribution in [0.3, 0.4) is 0 Å². The van der Waals surface area contributed by atoms with Crippen molar-refractivity contribution in [2.24, 2.45) is 22.1 Å². The molecule has 48 heavy (non-hydrogen) atoms. The van der Waals surface area contributed by atoms with Crippen LogP contribution < -0.4 is 26.0 Å². The molecular formula is C37H46N8O3. The number of carbonyl (C=O) groups excluding carboxylic acids is 1. The van der Waals surface area contributed by atoms with Gasteiger partial charge in [-0.15, -0.1) is 10.2 Å². The molecule has 2 aromatic heterocycles. The van der Waals surface area contributed by atoms with Gasteiger partial charge in [0.1, 0.15) is 17.7 Å². The first-order chi connectivity index (χ1) is 23.1. The molecule has 252 valence electrons. The first-order valence-electron chi connectivity index (χ1n) is 16.7. The molecule has 0 radical (unpaired) electrons. The summed E-state index contributed by atoms with van der Waals surface area (Å²) in [4.78, 5) is 20.3. The maximum Gasteiger partial charge on any atom is 0.320 e. The second-order valence-corrected chi connectivity index (χ2v) is 13.9. The number of aromatic nitrogens is 3. The van der Waals surface area contributed by atoms with Crippen molar-refractivity contribution < 1.29 is 14.6 Å². The molecule has 0 saturated carbocycles. The number of benzene rings is 2. The summed E-state index contributed by atoms with van der Waals surface area (Å²) in [6.45, 7) is 9.87. The minimum absolute atomic E-state index is 0.172. The molecular weight excluding hydrogens is 604 g/mol. The number of ether oxygens (including phenoxy) is 1. The van der Waals surface area contributed by atoms with E-state index in [1.807, 2.05) is 92.9 Å². The molecule has 2 aliphatic rings. The second-order valence-electron chi connectivity index (χ2n) is 13.9. The number of allylic oxidation sites excluding steroid dienone is 1. The zero-order chi connectivity index (χ0) is 33.8. The van der Waals surface area contributed by atoms with Crippen LogP contribution >= 0.6 is 0 Å². The van der Waals surface area contributed by atoms with Crippen molar-refractivity contribution in [1.82, 2.24) is 25.2 Å². The Bertz CT molecular complexity index is 1810. The number of amides is 2. The third-order valence-corrected chi connectivity index (χ3v) is 9.12. The van der Waals surface area contributed by atoms with E-state index in [4.69, 9.17) is 15.5 Å². The first kappa shape index (κ1) is 33.0. The molecule has 1 saturated heterocycles. The topological polar surface area (TPSA) is 142 Å². The summed E-state index contributed by atoms with van der Waals surface area (Å²) in [6, 6.07) is 19.2. The fourth-order valence-electron chi connectivity index (χ4n) is 6.26. The lowest BCUT2D eigenvalue weighted by Gasteiger charge is -2.32. The number of nitrogens with one attached hydrogen (secondary N) is 2. The van der Waals surface area contributed by atoms with E-state index < -0.39 is 0 Å². The quantitative estimate of drug-likeness (QED) is 0.139. The number of nitrogens with two attached hydrogens (primary N) is 1. The van der Waals surface area contributed by atoms with Crippen molar-refractivity contribution >= 4 is 29.1 Å². The van der Waals surface area contributed by atoms with Crippen LogP contribution in [0.1, 0.15) is 75.3 Å². The monoisotopic (exact) mass is 650 g/mol. The molecule has 0 bridgehead atoms. The number of aliphatic hydroxyl groups is 1. The first-order valence-corrected chi connectivity index (χ1v) is 16.7. The molecule has 1 fully saturated rings. The van der Waals surface area contributed by atoms with Crippen LogP contribution in [0.5, 0.6) is 5.75 Å². The van der Waals surface area contributed by atoms with Gasteiger partial charge in [-0.3, -0.25) is 9.72 Å². The van der Waals surface area contributed by atoms with Gasteiger partial charge in [-0.1, -0.05) is 62.7 Å². The third kappa shape index (κ3) is 7.62. The fourth-order valence-corrected chi connectivity index (χ4v) is 6.26. The zero-order valence-corrected chi connectivity index (χ0v) is 28.2. The third-order valence-electron chi connectivity index (χ3n) is 9.12. The Hall–Kier alpha value is -4.90. The summed E-state index contributed by atoms with van der Waals surface area (Å²) in [6.07, 6.45) is 6.90. The molecule has 2 amide bonds. The maximum atomic E-state index is 13.4. The molecule has 1 aliphatic heterocycles. The Balaban J connectivity index is 1.18. The van der Waals surface area contributed by atoms with Gasteiger partial charge in [0.2, 0.25) is 5.95 Å². The SMILES string of the molecule is Cc1ccc(N=C(C=C(N)C(C)(C)C)NC(=O)N[C@H]2CC[C@@H](Oc3ccc4nnc(N5CCCC(CO)C5)n4c3)c3ccccc32)cc1. The highest BCUT2D eigenvalue weighted by atomic mass is 16.5. The van der Waals surface area contributed by atoms with Crippen LogP contribution in [-0.2, 0) is 0 Å². The number of anilines is 1. The van der Waals surface area contributed by atoms with Crippen molar-refractivity contribution in [3.8, 4) is 5.75 Å². The molecule has 5 N–H and O–H groups in total. The van der Waals surface area contributed by atoms with Gasteiger partial charge in [-0.2, -0.15) is 0 Å². The largest absolute Gasteiger partial charge is 0.484 e. The number of hydrogen-bond acceptors (Lipinski definition) is 8. The number of carbonyl (C=O) groups is 1. The van der Waals surface area contributed by atoms with Gasteiger partial charge in [0.15, 0.2) is 5.65 Å². The van der Waals surface area contributed by atoms with E-state index in [2.05, 4.69) is 31.8 Å². The lowest BCUT2D eigenvalue weighted by atomic mass is 9.85. The number of aryl methyl sites for hydroxylation is 1. The van der Waals surface area contributed by atoms with E-state index in [-0.39, 0.29) is 36.1 Å². The number of amidine groups is 1. The highest BCUT2D eigenvalue weighted by Gasteiger charge is 2.30. The molecule has 1 unspecified atom stereocenters. The van der Waals surface area contributed by atoms with Crippen LogP contribution in [0, 0.1) is 18.3 Å². The number of pyridine rings is 1. The molecule has 4 aromatic rings. The lowest BCUT2D eigenvalue weighted by molar-refractivity contribution is 0.171. The minimum Gasteiger partial charge on any atom is -0.484 e. The number of rotatable bonds is 7. The number of aliphatic hydroxyl groups excluding tert-OH is 1. The maximum absolute atomic E-state index is 13.4. The Morgan fingerprint density at radius 3 is 2.58 bits per heavy atom. The summed E-state index contributed by atoms with van der Waals surface area (Å²) >= 11 is 0. The molecule has 3 heterocycles. The average Bonchev–Trinajstić information content (AvgIpc) is 3.50. The van der Waals surface area contributed by atoms with Crippen LogP contribution in [0.15, 0.2) is 83.6 Å². The van der Waals surface area contributed by atoms with E-state index in [1.165, 1.54) is 0 Å². The summed E-state index contributed by atoms with van der Waals surface area (Å²) in [7, 11) is 0. The molecule has 11 nitrogen and oxygen atoms in total. The average molecular weight is 651 g/mol. The summed E-state index contributed by atoms with van der Waals surface area (Å²) in [5.41, 5.74) is 11.3. The number of urea groups is 1. The van der Waals surface area contributed by atoms with Gasteiger partial charge in [-0.25, -0.2) is 9.79 Å². The van der Waals surface area contributed by atoms with Crippen molar-refractivity contribution in [1.29, 1.82) is 0 Å². The molecule has 1 aliphatic carbocycles. The second kappa shape index (κ2) is 14.1. The number of fused-ring (bicyclic) bond motifs is 2. The smallest absolute Gasteiger partial charge is 0.320 e. The Kier molecular flexibility index (Phi) is 9.68. The number of aliphatic imine (C=N–C) groups is 1. The Morgan fingerprint density at radius 2 is 1.83 bits per heavy atom. The van der Waals surface area contributed by atoms with Crippen LogP contribution in [0.4, 0.5) is 16.4 Å². The molecule has 3 atom stereocenters. The summed E-state index contributed by atoms with van der Waals surface area (Å²) in [5.74, 6) is 2.08. The van der Waals surface area contributed by atoms with E-state index in [0.717, 1.165) is 59.9 Å². The molecule has 0 spiro atoms. The predicted molar refractivity (Wildman–Crippen MR) is 188 cm³/mol. The van der Waals surface area contributed by atoms with Crippen LogP contribution in [0.25, 0.3) is 5.65 Å². The summed E-state index contributed by atoms with van der Waals surface area (Å²) in [5, 5.41) is 24.7. The lowest BCUT2D eigenvalue weighted by Crippen LogP contribution is -2.42. The van der Waals surface area contributed by atoms with Crippen LogP contribution in [0.2, 0.25) is 0 Å². The summed E-state index contributed by atoms with van der Waals surface area (Å²) < 4.78 is 8.58.